The van der Waals surface area contributed by atoms with Crippen molar-refractivity contribution in [2.24, 2.45) is 5.92 Å². The maximum absolute atomic E-state index is 13.9. The van der Waals surface area contributed by atoms with Gasteiger partial charge in [-0.25, -0.2) is 4.39 Å². The minimum atomic E-state index is -0.749. The van der Waals surface area contributed by atoms with Gasteiger partial charge in [0.2, 0.25) is 11.8 Å². The van der Waals surface area contributed by atoms with Crippen molar-refractivity contribution >= 4 is 17.5 Å². The molecule has 0 saturated heterocycles. The van der Waals surface area contributed by atoms with Gasteiger partial charge in [-0.3, -0.25) is 9.59 Å². The lowest BCUT2D eigenvalue weighted by atomic mass is 9.88. The zero-order valence-electron chi connectivity index (χ0n) is 15.3. The van der Waals surface area contributed by atoms with E-state index in [1.54, 1.807) is 12.1 Å². The second-order valence-electron chi connectivity index (χ2n) is 7.05. The van der Waals surface area contributed by atoms with Crippen LogP contribution < -0.4 is 10.6 Å². The molecule has 0 unspecified atom stereocenters. The van der Waals surface area contributed by atoms with Crippen LogP contribution >= 0.6 is 0 Å². The van der Waals surface area contributed by atoms with Crippen molar-refractivity contribution in [3.63, 3.8) is 0 Å². The third-order valence-electron chi connectivity index (χ3n) is 5.02. The highest BCUT2D eigenvalue weighted by Gasteiger charge is 2.27. The largest absolute Gasteiger partial charge is 0.344 e. The zero-order valence-corrected chi connectivity index (χ0v) is 15.3. The Morgan fingerprint density at radius 1 is 0.963 bits per heavy atom. The van der Waals surface area contributed by atoms with Crippen LogP contribution in [-0.2, 0) is 16.0 Å². The summed E-state index contributed by atoms with van der Waals surface area (Å²) in [6.07, 6.45) is 5.33. The van der Waals surface area contributed by atoms with Gasteiger partial charge in [0, 0.05) is 12.3 Å². The molecule has 2 N–H and O–H groups in total. The van der Waals surface area contributed by atoms with Gasteiger partial charge in [0.1, 0.15) is 11.9 Å². The van der Waals surface area contributed by atoms with Gasteiger partial charge in [0.05, 0.1) is 5.69 Å². The third-order valence-corrected chi connectivity index (χ3v) is 5.02. The fraction of sp³-hybridized carbons (Fsp3) is 0.364. The summed E-state index contributed by atoms with van der Waals surface area (Å²) in [7, 11) is 0. The Labute approximate surface area is 159 Å². The van der Waals surface area contributed by atoms with E-state index in [4.69, 9.17) is 0 Å². The van der Waals surface area contributed by atoms with E-state index in [0.29, 0.717) is 6.42 Å². The second kappa shape index (κ2) is 9.31. The summed E-state index contributed by atoms with van der Waals surface area (Å²) < 4.78 is 13.9. The Morgan fingerprint density at radius 2 is 1.63 bits per heavy atom. The van der Waals surface area contributed by atoms with Gasteiger partial charge in [-0.15, -0.1) is 0 Å². The van der Waals surface area contributed by atoms with Gasteiger partial charge in [-0.2, -0.15) is 0 Å². The van der Waals surface area contributed by atoms with Crippen molar-refractivity contribution in [1.29, 1.82) is 0 Å². The molecule has 0 heterocycles. The minimum Gasteiger partial charge on any atom is -0.344 e. The van der Waals surface area contributed by atoms with Crippen molar-refractivity contribution in [2.45, 2.75) is 44.6 Å². The fourth-order valence-corrected chi connectivity index (χ4v) is 3.50. The maximum Gasteiger partial charge on any atom is 0.247 e. The number of rotatable bonds is 6. The molecule has 1 saturated carbocycles. The molecule has 2 amide bonds. The van der Waals surface area contributed by atoms with Crippen molar-refractivity contribution < 1.29 is 14.0 Å². The summed E-state index contributed by atoms with van der Waals surface area (Å²) in [6, 6.07) is 14.8. The molecule has 0 aromatic heterocycles. The maximum atomic E-state index is 13.9. The number of benzene rings is 2. The Morgan fingerprint density at radius 3 is 2.33 bits per heavy atom. The number of hydrogen-bond acceptors (Lipinski definition) is 2. The molecular weight excluding hydrogens is 343 g/mol. The predicted octanol–water partition coefficient (Wildman–Crippen LogP) is 4.07. The number of carbonyl (C=O) groups excluding carboxylic acids is 2. The lowest BCUT2D eigenvalue weighted by Gasteiger charge is -2.25. The summed E-state index contributed by atoms with van der Waals surface area (Å²) in [4.78, 5) is 25.5. The van der Waals surface area contributed by atoms with Gasteiger partial charge >= 0.3 is 0 Å². The van der Waals surface area contributed by atoms with Crippen LogP contribution in [0.25, 0.3) is 0 Å². The average Bonchev–Trinajstić information content (AvgIpc) is 2.70. The Balaban J connectivity index is 1.73. The second-order valence-corrected chi connectivity index (χ2v) is 7.05. The monoisotopic (exact) mass is 368 g/mol. The highest BCUT2D eigenvalue weighted by atomic mass is 19.1. The predicted molar refractivity (Wildman–Crippen MR) is 104 cm³/mol. The summed E-state index contributed by atoms with van der Waals surface area (Å²) in [6.45, 7) is 0. The third kappa shape index (κ3) is 5.39. The molecule has 0 radical (unpaired) electrons. The zero-order chi connectivity index (χ0) is 19.1. The first kappa shape index (κ1) is 19.1. The molecule has 27 heavy (non-hydrogen) atoms. The highest BCUT2D eigenvalue weighted by Crippen LogP contribution is 2.24. The summed E-state index contributed by atoms with van der Waals surface area (Å²) in [5.74, 6) is -1.03. The van der Waals surface area contributed by atoms with Crippen LogP contribution in [-0.4, -0.2) is 17.9 Å². The van der Waals surface area contributed by atoms with Crippen LogP contribution in [0.1, 0.15) is 37.7 Å². The van der Waals surface area contributed by atoms with E-state index >= 15 is 0 Å². The molecule has 4 nitrogen and oxygen atoms in total. The lowest BCUT2D eigenvalue weighted by molar-refractivity contribution is -0.130. The van der Waals surface area contributed by atoms with E-state index in [9.17, 15) is 14.0 Å². The molecule has 0 bridgehead atoms. The molecule has 3 rings (SSSR count). The van der Waals surface area contributed by atoms with Crippen LogP contribution in [0.2, 0.25) is 0 Å². The first-order chi connectivity index (χ1) is 13.1. The van der Waals surface area contributed by atoms with Crippen LogP contribution in [0.4, 0.5) is 10.1 Å². The normalized spacial score (nSPS) is 15.7. The molecule has 1 atom stereocenters. The number of nitrogens with one attached hydrogen (secondary N) is 2. The SMILES string of the molecule is O=C(N[C@@H](Cc1ccccc1)C(=O)Nc1ccccc1F)C1CCCCC1. The van der Waals surface area contributed by atoms with Crippen molar-refractivity contribution in [3.05, 3.63) is 66.0 Å². The van der Waals surface area contributed by atoms with Crippen LogP contribution in [0, 0.1) is 11.7 Å². The van der Waals surface area contributed by atoms with E-state index in [-0.39, 0.29) is 17.5 Å². The number of para-hydroxylation sites is 1. The topological polar surface area (TPSA) is 58.2 Å². The van der Waals surface area contributed by atoms with Crippen LogP contribution in [0.15, 0.2) is 54.6 Å². The van der Waals surface area contributed by atoms with Gasteiger partial charge in [-0.1, -0.05) is 61.7 Å². The van der Waals surface area contributed by atoms with Crippen molar-refractivity contribution in [2.75, 3.05) is 5.32 Å². The van der Waals surface area contributed by atoms with Gasteiger partial charge in [0.25, 0.3) is 0 Å². The number of halogens is 1. The van der Waals surface area contributed by atoms with Crippen LogP contribution in [0.5, 0.6) is 0 Å². The summed E-state index contributed by atoms with van der Waals surface area (Å²) in [5.41, 5.74) is 1.06. The van der Waals surface area contributed by atoms with E-state index in [1.807, 2.05) is 30.3 Å². The first-order valence-corrected chi connectivity index (χ1v) is 9.53. The van der Waals surface area contributed by atoms with E-state index in [2.05, 4.69) is 10.6 Å². The fourth-order valence-electron chi connectivity index (χ4n) is 3.50. The molecule has 1 aliphatic rings. The number of amides is 2. The van der Waals surface area contributed by atoms with Gasteiger partial charge in [0.15, 0.2) is 0 Å². The number of carbonyl (C=O) groups is 2. The number of hydrogen-bond donors (Lipinski definition) is 2. The molecule has 2 aromatic rings. The quantitative estimate of drug-likeness (QED) is 0.807. The summed E-state index contributed by atoms with van der Waals surface area (Å²) >= 11 is 0. The smallest absolute Gasteiger partial charge is 0.247 e. The molecule has 1 fully saturated rings. The van der Waals surface area contributed by atoms with E-state index in [0.717, 1.165) is 37.7 Å². The Kier molecular flexibility index (Phi) is 6.58. The standard InChI is InChI=1S/C22H25FN2O2/c23-18-13-7-8-14-19(18)24-22(27)20(15-16-9-3-1-4-10-16)25-21(26)17-11-5-2-6-12-17/h1,3-4,7-10,13-14,17,20H,2,5-6,11-12,15H2,(H,24,27)(H,25,26)/t20-/m0/s1. The van der Waals surface area contributed by atoms with Gasteiger partial charge in [-0.05, 0) is 30.5 Å². The van der Waals surface area contributed by atoms with Gasteiger partial charge < -0.3 is 10.6 Å². The first-order valence-electron chi connectivity index (χ1n) is 9.53. The van der Waals surface area contributed by atoms with Crippen molar-refractivity contribution in [1.82, 2.24) is 5.32 Å². The molecule has 5 heteroatoms. The Hall–Kier alpha value is -2.69. The molecule has 0 spiro atoms. The van der Waals surface area contributed by atoms with E-state index < -0.39 is 17.8 Å². The van der Waals surface area contributed by atoms with Crippen molar-refractivity contribution in [3.8, 4) is 0 Å². The molecule has 142 valence electrons. The molecular formula is C22H25FN2O2. The highest BCUT2D eigenvalue weighted by molar-refractivity contribution is 5.97. The average molecular weight is 368 g/mol. The lowest BCUT2D eigenvalue weighted by Crippen LogP contribution is -2.47. The molecule has 2 aromatic carbocycles. The minimum absolute atomic E-state index is 0.0433. The van der Waals surface area contributed by atoms with Crippen LogP contribution in [0.3, 0.4) is 0 Å². The molecule has 0 aliphatic heterocycles. The van der Waals surface area contributed by atoms with E-state index in [1.165, 1.54) is 12.1 Å². The number of anilines is 1. The summed E-state index contributed by atoms with van der Waals surface area (Å²) in [5, 5.41) is 5.51. The molecule has 1 aliphatic carbocycles. The Bertz CT molecular complexity index is 773.